The molecule has 0 bridgehead atoms. The fourth-order valence-corrected chi connectivity index (χ4v) is 1.80. The number of hydrazone groups is 1. The van der Waals surface area contributed by atoms with Crippen molar-refractivity contribution in [1.29, 1.82) is 0 Å². The van der Waals surface area contributed by atoms with E-state index in [0.717, 1.165) is 18.8 Å². The molecule has 0 aromatic heterocycles. The van der Waals surface area contributed by atoms with Crippen LogP contribution in [-0.4, -0.2) is 41.2 Å². The van der Waals surface area contributed by atoms with Crippen LogP contribution in [0.25, 0.3) is 0 Å². The number of phenolic OH excluding ortho intramolecular Hbond substituents is 1. The summed E-state index contributed by atoms with van der Waals surface area (Å²) in [5.74, 6) is 1.31. The molecule has 8 nitrogen and oxygen atoms in total. The van der Waals surface area contributed by atoms with Crippen molar-refractivity contribution in [3.63, 3.8) is 0 Å². The average Bonchev–Trinajstić information content (AvgIpc) is 2.68. The summed E-state index contributed by atoms with van der Waals surface area (Å²) in [6, 6.07) is 7.14. The number of nitrogens with zero attached hydrogens (tertiary/aromatic N) is 1. The van der Waals surface area contributed by atoms with E-state index in [1.54, 1.807) is 18.3 Å². The molecule has 1 aromatic carbocycles. The fraction of sp³-hybridized carbons (Fsp3) is 0.385. The van der Waals surface area contributed by atoms with E-state index in [1.807, 2.05) is 12.1 Å². The third-order valence-electron chi connectivity index (χ3n) is 2.78. The summed E-state index contributed by atoms with van der Waals surface area (Å²) in [6.45, 7) is 1.01. The first kappa shape index (κ1) is 18.1. The molecule has 0 radical (unpaired) electrons. The third-order valence-corrected chi connectivity index (χ3v) is 2.78. The highest BCUT2D eigenvalue weighted by atomic mass is 32.3. The molecule has 122 valence electrons. The molecule has 0 aliphatic carbocycles. The van der Waals surface area contributed by atoms with Gasteiger partial charge >= 0.3 is 10.4 Å². The second kappa shape index (κ2) is 9.13. The van der Waals surface area contributed by atoms with Gasteiger partial charge in [0.25, 0.3) is 5.84 Å². The minimum atomic E-state index is -4.67. The van der Waals surface area contributed by atoms with Crippen molar-refractivity contribution in [3.8, 4) is 5.75 Å². The number of benzene rings is 1. The van der Waals surface area contributed by atoms with E-state index in [2.05, 4.69) is 15.5 Å². The Morgan fingerprint density at radius 2 is 1.86 bits per heavy atom. The summed E-state index contributed by atoms with van der Waals surface area (Å²) < 4.78 is 31.6. The van der Waals surface area contributed by atoms with Crippen LogP contribution in [-0.2, 0) is 10.4 Å². The van der Waals surface area contributed by atoms with Crippen LogP contribution < -0.4 is 10.4 Å². The lowest BCUT2D eigenvalue weighted by Crippen LogP contribution is -2.75. The second-order valence-corrected chi connectivity index (χ2v) is 5.49. The molecule has 0 unspecified atom stereocenters. The van der Waals surface area contributed by atoms with Crippen molar-refractivity contribution in [2.45, 2.75) is 25.7 Å². The molecule has 0 amide bonds. The Labute approximate surface area is 129 Å². The highest BCUT2D eigenvalue weighted by molar-refractivity contribution is 7.79. The number of amidine groups is 1. The highest BCUT2D eigenvalue weighted by Gasteiger charge is 2.08. The first-order chi connectivity index (χ1) is 10.4. The van der Waals surface area contributed by atoms with Gasteiger partial charge < -0.3 is 5.11 Å². The van der Waals surface area contributed by atoms with Gasteiger partial charge in [-0.2, -0.15) is 13.8 Å². The predicted octanol–water partition coefficient (Wildman–Crippen LogP) is -0.284. The second-order valence-electron chi connectivity index (χ2n) is 4.59. The van der Waals surface area contributed by atoms with E-state index < -0.39 is 10.4 Å². The van der Waals surface area contributed by atoms with E-state index in [9.17, 15) is 5.11 Å². The van der Waals surface area contributed by atoms with Crippen LogP contribution in [0.5, 0.6) is 5.75 Å². The minimum absolute atomic E-state index is 0.247. The minimum Gasteiger partial charge on any atom is -0.507 e. The Bertz CT molecular complexity index is 620. The topological polar surface area (TPSA) is 133 Å². The van der Waals surface area contributed by atoms with E-state index in [0.29, 0.717) is 5.56 Å². The molecule has 9 heteroatoms. The summed E-state index contributed by atoms with van der Waals surface area (Å²) in [4.78, 5) is 3.31. The molecule has 0 saturated carbocycles. The lowest BCUT2D eigenvalue weighted by atomic mass is 10.2. The van der Waals surface area contributed by atoms with E-state index >= 15 is 0 Å². The Hall–Kier alpha value is -1.97. The van der Waals surface area contributed by atoms with Crippen LogP contribution in [0, 0.1) is 0 Å². The molecule has 2 rings (SSSR count). The van der Waals surface area contributed by atoms with E-state index in [-0.39, 0.29) is 5.75 Å². The zero-order valence-electron chi connectivity index (χ0n) is 11.9. The van der Waals surface area contributed by atoms with Crippen LogP contribution >= 0.6 is 0 Å². The molecular weight excluding hydrogens is 310 g/mol. The summed E-state index contributed by atoms with van der Waals surface area (Å²) in [5.41, 5.74) is 3.72. The molecule has 22 heavy (non-hydrogen) atoms. The van der Waals surface area contributed by atoms with Gasteiger partial charge in [-0.25, -0.2) is 0 Å². The maximum atomic E-state index is 9.55. The molecule has 1 aliphatic rings. The molecule has 5 N–H and O–H groups in total. The number of aromatic hydroxyl groups is 1. The summed E-state index contributed by atoms with van der Waals surface area (Å²) >= 11 is 0. The molecule has 1 aliphatic heterocycles. The first-order valence-corrected chi connectivity index (χ1v) is 8.12. The lowest BCUT2D eigenvalue weighted by Gasteiger charge is -1.96. The van der Waals surface area contributed by atoms with Crippen LogP contribution in [0.15, 0.2) is 29.4 Å². The summed E-state index contributed by atoms with van der Waals surface area (Å²) in [7, 11) is -4.67. The number of rotatable bonds is 2. The number of para-hydroxylation sites is 1. The number of nitrogens with one attached hydrogen (secondary N) is 2. The average molecular weight is 330 g/mol. The maximum absolute atomic E-state index is 9.55. The zero-order chi connectivity index (χ0) is 16.4. The Kier molecular flexibility index (Phi) is 7.50. The molecule has 1 heterocycles. The van der Waals surface area contributed by atoms with Crippen molar-refractivity contribution in [2.75, 3.05) is 6.54 Å². The van der Waals surface area contributed by atoms with Gasteiger partial charge in [-0.1, -0.05) is 17.2 Å². The van der Waals surface area contributed by atoms with E-state index in [4.69, 9.17) is 17.5 Å². The van der Waals surface area contributed by atoms with Gasteiger partial charge in [0.15, 0.2) is 0 Å². The van der Waals surface area contributed by atoms with Crippen LogP contribution in [0.4, 0.5) is 0 Å². The fourth-order valence-electron chi connectivity index (χ4n) is 1.80. The van der Waals surface area contributed by atoms with Crippen molar-refractivity contribution in [3.05, 3.63) is 29.8 Å². The SMILES string of the molecule is O=S(=O)(O)O.Oc1ccccc1/C=N/NC1=[NH+]CCCCC1. The van der Waals surface area contributed by atoms with Gasteiger partial charge in [-0.3, -0.25) is 14.1 Å². The van der Waals surface area contributed by atoms with Crippen LogP contribution in [0.2, 0.25) is 0 Å². The van der Waals surface area contributed by atoms with Gasteiger partial charge in [0.2, 0.25) is 0 Å². The van der Waals surface area contributed by atoms with Gasteiger partial charge in [-0.05, 0) is 31.4 Å². The van der Waals surface area contributed by atoms with E-state index in [1.165, 1.54) is 19.3 Å². The number of hydrogen-bond acceptors (Lipinski definition) is 5. The van der Waals surface area contributed by atoms with Gasteiger partial charge in [0.1, 0.15) is 5.75 Å². The summed E-state index contributed by atoms with van der Waals surface area (Å²) in [5, 5.41) is 13.7. The number of phenols is 1. The zero-order valence-corrected chi connectivity index (χ0v) is 12.8. The van der Waals surface area contributed by atoms with Gasteiger partial charge in [0, 0.05) is 5.56 Å². The van der Waals surface area contributed by atoms with Crippen LogP contribution in [0.3, 0.4) is 0 Å². The molecule has 0 saturated heterocycles. The molecule has 0 atom stereocenters. The monoisotopic (exact) mass is 330 g/mol. The Balaban J connectivity index is 0.000000422. The van der Waals surface area contributed by atoms with Crippen molar-refractivity contribution < 1.29 is 27.6 Å². The number of hydrogen-bond donors (Lipinski definition) is 5. The largest absolute Gasteiger partial charge is 0.507 e. The predicted molar refractivity (Wildman–Crippen MR) is 82.3 cm³/mol. The lowest BCUT2D eigenvalue weighted by molar-refractivity contribution is -0.459. The van der Waals surface area contributed by atoms with Crippen molar-refractivity contribution in [2.24, 2.45) is 5.10 Å². The van der Waals surface area contributed by atoms with Gasteiger partial charge in [0.05, 0.1) is 19.2 Å². The normalized spacial score (nSPS) is 15.5. The Morgan fingerprint density at radius 3 is 2.55 bits per heavy atom. The van der Waals surface area contributed by atoms with Gasteiger partial charge in [-0.15, -0.1) is 0 Å². The molecule has 0 fully saturated rings. The van der Waals surface area contributed by atoms with Crippen molar-refractivity contribution in [1.82, 2.24) is 5.43 Å². The molecule has 0 spiro atoms. The third kappa shape index (κ3) is 9.06. The standard InChI is InChI=1S/C13H17N3O.H2O4S/c17-12-7-4-3-6-11(12)10-15-16-13-8-2-1-5-9-14-13;1-5(2,3)4/h3-4,6-7,10,17H,1-2,5,8-9H2,(H,14,16);(H2,1,2,3,4)/p+1/b15-10+;. The smallest absolute Gasteiger partial charge is 0.394 e. The van der Waals surface area contributed by atoms with Crippen LogP contribution in [0.1, 0.15) is 31.2 Å². The molecular formula is C13H20N3O5S+. The molecule has 1 aromatic rings. The highest BCUT2D eigenvalue weighted by Crippen LogP contribution is 2.12. The first-order valence-electron chi connectivity index (χ1n) is 6.73. The van der Waals surface area contributed by atoms with Crippen molar-refractivity contribution >= 4 is 22.4 Å². The summed E-state index contributed by atoms with van der Waals surface area (Å²) in [6.07, 6.45) is 6.32. The maximum Gasteiger partial charge on any atom is 0.394 e. The Morgan fingerprint density at radius 1 is 1.18 bits per heavy atom. The quantitative estimate of drug-likeness (QED) is 0.288.